The van der Waals surface area contributed by atoms with Crippen LogP contribution in [0.1, 0.15) is 43.6 Å². The summed E-state index contributed by atoms with van der Waals surface area (Å²) in [6.07, 6.45) is 7.22. The van der Waals surface area contributed by atoms with Gasteiger partial charge < -0.3 is 5.73 Å². The van der Waals surface area contributed by atoms with E-state index in [1.807, 2.05) is 12.1 Å². The van der Waals surface area contributed by atoms with Crippen molar-refractivity contribution in [2.45, 2.75) is 38.0 Å². The average molecular weight is 224 g/mol. The third kappa shape index (κ3) is 1.53. The number of rotatable bonds is 1. The molecule has 1 unspecified atom stereocenters. The third-order valence-electron chi connectivity index (χ3n) is 4.36. The Labute approximate surface area is 97.5 Å². The van der Waals surface area contributed by atoms with Crippen LogP contribution in [0.4, 0.5) is 5.69 Å². The molecule has 3 rings (SSSR count). The molecule has 1 aromatic rings. The van der Waals surface area contributed by atoms with Gasteiger partial charge in [-0.2, -0.15) is 0 Å². The molecule has 15 heavy (non-hydrogen) atoms. The molecule has 0 radical (unpaired) electrons. The topological polar surface area (TPSA) is 26.0 Å². The summed E-state index contributed by atoms with van der Waals surface area (Å²) >= 11 is 0. The predicted molar refractivity (Wildman–Crippen MR) is 66.4 cm³/mol. The molecule has 2 heteroatoms. The Morgan fingerprint density at radius 2 is 1.73 bits per heavy atom. The molecule has 1 aromatic carbocycles. The maximum absolute atomic E-state index is 5.70. The maximum atomic E-state index is 5.70. The van der Waals surface area contributed by atoms with Crippen molar-refractivity contribution in [1.82, 2.24) is 0 Å². The van der Waals surface area contributed by atoms with Crippen molar-refractivity contribution < 1.29 is 0 Å². The van der Waals surface area contributed by atoms with E-state index in [2.05, 4.69) is 12.1 Å². The first kappa shape index (κ1) is 10.8. The van der Waals surface area contributed by atoms with Crippen molar-refractivity contribution in [2.24, 2.45) is 5.41 Å². The van der Waals surface area contributed by atoms with E-state index in [0.717, 1.165) is 17.0 Å². The van der Waals surface area contributed by atoms with Gasteiger partial charge in [0.15, 0.2) is 0 Å². The van der Waals surface area contributed by atoms with Crippen molar-refractivity contribution in [1.29, 1.82) is 0 Å². The van der Waals surface area contributed by atoms with Crippen LogP contribution in [-0.2, 0) is 0 Å². The second-order valence-electron chi connectivity index (χ2n) is 4.97. The highest BCUT2D eigenvalue weighted by Crippen LogP contribution is 2.63. The summed E-state index contributed by atoms with van der Waals surface area (Å²) in [4.78, 5) is 0. The van der Waals surface area contributed by atoms with Crippen LogP contribution in [-0.4, -0.2) is 0 Å². The molecule has 0 amide bonds. The summed E-state index contributed by atoms with van der Waals surface area (Å²) in [7, 11) is 0. The molecular weight excluding hydrogens is 206 g/mol. The lowest BCUT2D eigenvalue weighted by molar-refractivity contribution is -0.00197. The number of nitrogens with two attached hydrogens (primary N) is 1. The molecule has 0 bridgehead atoms. The Hall–Kier alpha value is -0.690. The smallest absolute Gasteiger partial charge is 0.0314 e. The van der Waals surface area contributed by atoms with E-state index in [0.29, 0.717) is 0 Å². The highest BCUT2D eigenvalue weighted by atomic mass is 35.5. The van der Waals surface area contributed by atoms with E-state index < -0.39 is 0 Å². The van der Waals surface area contributed by atoms with Crippen LogP contribution >= 0.6 is 12.4 Å². The minimum Gasteiger partial charge on any atom is -0.399 e. The highest BCUT2D eigenvalue weighted by Gasteiger charge is 2.50. The first-order valence-corrected chi connectivity index (χ1v) is 5.66. The number of nitrogen functional groups attached to an aromatic ring is 1. The molecule has 2 saturated carbocycles. The lowest BCUT2D eigenvalue weighted by Gasteiger charge is -2.56. The van der Waals surface area contributed by atoms with E-state index in [1.54, 1.807) is 0 Å². The minimum atomic E-state index is 0. The molecule has 2 fully saturated rings. The van der Waals surface area contributed by atoms with Crippen molar-refractivity contribution in [3.63, 3.8) is 0 Å². The van der Waals surface area contributed by atoms with Gasteiger partial charge in [0.05, 0.1) is 0 Å². The predicted octanol–water partition coefficient (Wildman–Crippen LogP) is 3.74. The molecule has 2 aliphatic carbocycles. The SMILES string of the molecule is Cl.Nc1ccc(C2CCC23CCC3)cc1. The zero-order chi connectivity index (χ0) is 9.60. The largest absolute Gasteiger partial charge is 0.399 e. The van der Waals surface area contributed by atoms with Gasteiger partial charge in [-0.15, -0.1) is 12.4 Å². The van der Waals surface area contributed by atoms with Gasteiger partial charge in [0.25, 0.3) is 0 Å². The number of benzene rings is 1. The number of hydrogen-bond acceptors (Lipinski definition) is 1. The molecule has 2 N–H and O–H groups in total. The van der Waals surface area contributed by atoms with Gasteiger partial charge in [0.1, 0.15) is 0 Å². The Morgan fingerprint density at radius 3 is 2.13 bits per heavy atom. The van der Waals surface area contributed by atoms with Gasteiger partial charge in [0.2, 0.25) is 0 Å². The van der Waals surface area contributed by atoms with E-state index in [-0.39, 0.29) is 12.4 Å². The number of anilines is 1. The second kappa shape index (κ2) is 3.71. The zero-order valence-electron chi connectivity index (χ0n) is 8.91. The molecule has 0 aromatic heterocycles. The van der Waals surface area contributed by atoms with E-state index in [4.69, 9.17) is 5.73 Å². The van der Waals surface area contributed by atoms with E-state index in [1.165, 1.54) is 37.7 Å². The summed E-state index contributed by atoms with van der Waals surface area (Å²) in [5, 5.41) is 0. The van der Waals surface area contributed by atoms with E-state index in [9.17, 15) is 0 Å². The van der Waals surface area contributed by atoms with Crippen molar-refractivity contribution in [3.8, 4) is 0 Å². The fraction of sp³-hybridized carbons (Fsp3) is 0.538. The monoisotopic (exact) mass is 223 g/mol. The molecule has 2 aliphatic rings. The molecule has 1 atom stereocenters. The number of halogens is 1. The minimum absolute atomic E-state index is 0. The summed E-state index contributed by atoms with van der Waals surface area (Å²) < 4.78 is 0. The van der Waals surface area contributed by atoms with Crippen molar-refractivity contribution in [2.75, 3.05) is 5.73 Å². The van der Waals surface area contributed by atoms with Crippen LogP contribution < -0.4 is 5.73 Å². The van der Waals surface area contributed by atoms with Crippen LogP contribution in [0.5, 0.6) is 0 Å². The summed E-state index contributed by atoms with van der Waals surface area (Å²) in [6.45, 7) is 0. The zero-order valence-corrected chi connectivity index (χ0v) is 9.72. The van der Waals surface area contributed by atoms with Crippen LogP contribution in [0.25, 0.3) is 0 Å². The van der Waals surface area contributed by atoms with Crippen LogP contribution in [0.2, 0.25) is 0 Å². The van der Waals surface area contributed by atoms with Crippen LogP contribution in [0.15, 0.2) is 24.3 Å². The van der Waals surface area contributed by atoms with Gasteiger partial charge in [-0.25, -0.2) is 0 Å². The molecular formula is C13H18ClN. The fourth-order valence-corrected chi connectivity index (χ4v) is 3.17. The summed E-state index contributed by atoms with van der Waals surface area (Å²) in [6, 6.07) is 8.53. The normalized spacial score (nSPS) is 26.3. The average Bonchev–Trinajstić information content (AvgIpc) is 2.04. The second-order valence-corrected chi connectivity index (χ2v) is 4.97. The van der Waals surface area contributed by atoms with Gasteiger partial charge >= 0.3 is 0 Å². The molecule has 82 valence electrons. The molecule has 0 saturated heterocycles. The van der Waals surface area contributed by atoms with Gasteiger partial charge in [-0.1, -0.05) is 18.6 Å². The first-order chi connectivity index (χ1) is 6.80. The van der Waals surface area contributed by atoms with Crippen LogP contribution in [0, 0.1) is 5.41 Å². The molecule has 0 heterocycles. The Morgan fingerprint density at radius 1 is 1.07 bits per heavy atom. The Balaban J connectivity index is 0.000000853. The molecule has 1 nitrogen and oxygen atoms in total. The molecule has 0 aliphatic heterocycles. The lowest BCUT2D eigenvalue weighted by Crippen LogP contribution is -2.43. The summed E-state index contributed by atoms with van der Waals surface area (Å²) in [5.74, 6) is 0.844. The third-order valence-corrected chi connectivity index (χ3v) is 4.36. The van der Waals surface area contributed by atoms with E-state index >= 15 is 0 Å². The number of hydrogen-bond donors (Lipinski definition) is 1. The van der Waals surface area contributed by atoms with Gasteiger partial charge in [-0.3, -0.25) is 0 Å². The lowest BCUT2D eigenvalue weighted by atomic mass is 9.48. The van der Waals surface area contributed by atoms with Crippen molar-refractivity contribution >= 4 is 18.1 Å². The van der Waals surface area contributed by atoms with Gasteiger partial charge in [-0.05, 0) is 54.7 Å². The Bertz CT molecular complexity index is 335. The van der Waals surface area contributed by atoms with Crippen LogP contribution in [0.3, 0.4) is 0 Å². The standard InChI is InChI=1S/C13H17N.ClH/c14-11-4-2-10(3-5-11)12-6-9-13(12)7-1-8-13;/h2-5,12H,1,6-9,14H2;1H. The quantitative estimate of drug-likeness (QED) is 0.722. The summed E-state index contributed by atoms with van der Waals surface area (Å²) in [5.41, 5.74) is 8.82. The van der Waals surface area contributed by atoms with Gasteiger partial charge in [0, 0.05) is 5.69 Å². The van der Waals surface area contributed by atoms with Crippen molar-refractivity contribution in [3.05, 3.63) is 29.8 Å². The maximum Gasteiger partial charge on any atom is 0.0314 e. The highest BCUT2D eigenvalue weighted by molar-refractivity contribution is 5.85. The first-order valence-electron chi connectivity index (χ1n) is 5.66. The fourth-order valence-electron chi connectivity index (χ4n) is 3.17. The Kier molecular flexibility index (Phi) is 2.68. The molecule has 1 spiro atoms.